The Bertz CT molecular complexity index is 1010. The minimum atomic E-state index is -0.523. The minimum absolute atomic E-state index is 0.103. The Labute approximate surface area is 173 Å². The summed E-state index contributed by atoms with van der Waals surface area (Å²) in [7, 11) is 0. The summed E-state index contributed by atoms with van der Waals surface area (Å²) in [4.78, 5) is 34.8. The number of benzene rings is 2. The average molecular weight is 515 g/mol. The number of hydrogen-bond donors (Lipinski definition) is 0. The van der Waals surface area contributed by atoms with Gasteiger partial charge in [0.1, 0.15) is 5.69 Å². The van der Waals surface area contributed by atoms with E-state index in [9.17, 15) is 19.7 Å². The molecule has 0 bridgehead atoms. The van der Waals surface area contributed by atoms with Crippen LogP contribution < -0.4 is 4.90 Å². The normalized spacial score (nSPS) is 13.8. The SMILES string of the molecule is O=C1C=CC(=O)N1c1ccc(N=Nc2c(Br)cc([N+](=O)[O-])cc2Br)cc1Cl. The van der Waals surface area contributed by atoms with E-state index in [1.165, 1.54) is 30.3 Å². The van der Waals surface area contributed by atoms with E-state index in [2.05, 4.69) is 42.1 Å². The Balaban J connectivity index is 1.89. The Hall–Kier alpha value is -2.43. The molecule has 1 aliphatic rings. The van der Waals surface area contributed by atoms with Crippen LogP contribution in [0.15, 0.2) is 61.7 Å². The molecule has 0 fully saturated rings. The molecule has 1 aliphatic heterocycles. The molecule has 8 nitrogen and oxygen atoms in total. The van der Waals surface area contributed by atoms with Gasteiger partial charge in [0.05, 0.1) is 30.3 Å². The highest BCUT2D eigenvalue weighted by atomic mass is 79.9. The van der Waals surface area contributed by atoms with Crippen LogP contribution in [0.25, 0.3) is 0 Å². The summed E-state index contributed by atoms with van der Waals surface area (Å²) in [5.41, 5.74) is 0.866. The number of nitro groups is 1. The molecule has 2 aromatic carbocycles. The molecule has 2 aromatic rings. The molecule has 0 radical (unpaired) electrons. The van der Waals surface area contributed by atoms with Crippen LogP contribution in [0.1, 0.15) is 0 Å². The van der Waals surface area contributed by atoms with Gasteiger partial charge in [0.15, 0.2) is 0 Å². The van der Waals surface area contributed by atoms with E-state index in [0.717, 1.165) is 17.1 Å². The van der Waals surface area contributed by atoms with E-state index in [4.69, 9.17) is 11.6 Å². The average Bonchev–Trinajstić information content (AvgIpc) is 2.93. The fourth-order valence-electron chi connectivity index (χ4n) is 2.24. The van der Waals surface area contributed by atoms with Gasteiger partial charge < -0.3 is 0 Å². The number of nitro benzene ring substituents is 1. The number of amides is 2. The van der Waals surface area contributed by atoms with Crippen molar-refractivity contribution in [2.75, 3.05) is 4.90 Å². The highest BCUT2D eigenvalue weighted by Crippen LogP contribution is 2.39. The molecule has 0 N–H and O–H groups in total. The number of nitrogens with zero attached hydrogens (tertiary/aromatic N) is 4. The van der Waals surface area contributed by atoms with E-state index in [1.54, 1.807) is 0 Å². The number of halogens is 3. The second-order valence-electron chi connectivity index (χ2n) is 5.20. The topological polar surface area (TPSA) is 105 Å². The molecular formula is C16H7Br2ClN4O4. The molecule has 3 rings (SSSR count). The lowest BCUT2D eigenvalue weighted by Crippen LogP contribution is -2.29. The number of hydrogen-bond acceptors (Lipinski definition) is 6. The van der Waals surface area contributed by atoms with Gasteiger partial charge in [-0.25, -0.2) is 4.90 Å². The standard InChI is InChI=1S/C16H7Br2ClN4O4/c17-10-6-9(23(26)27)7-11(18)16(10)21-20-8-1-2-13(12(19)5-8)22-14(24)3-4-15(22)25/h1-7H. The third-order valence-corrected chi connectivity index (χ3v) is 4.97. The minimum Gasteiger partial charge on any atom is -0.269 e. The van der Waals surface area contributed by atoms with Crippen LogP contribution >= 0.6 is 43.5 Å². The fraction of sp³-hybridized carbons (Fsp3) is 0. The lowest BCUT2D eigenvalue weighted by molar-refractivity contribution is -0.385. The molecule has 27 heavy (non-hydrogen) atoms. The summed E-state index contributed by atoms with van der Waals surface area (Å²) in [6.45, 7) is 0. The second kappa shape index (κ2) is 7.67. The zero-order valence-electron chi connectivity index (χ0n) is 13.1. The molecule has 0 saturated carbocycles. The third kappa shape index (κ3) is 3.97. The first-order valence-corrected chi connectivity index (χ1v) is 9.15. The first-order chi connectivity index (χ1) is 12.8. The Morgan fingerprint density at radius 3 is 2.11 bits per heavy atom. The monoisotopic (exact) mass is 512 g/mol. The van der Waals surface area contributed by atoms with Crippen molar-refractivity contribution in [3.8, 4) is 0 Å². The zero-order chi connectivity index (χ0) is 19.7. The van der Waals surface area contributed by atoms with Gasteiger partial charge in [0.2, 0.25) is 0 Å². The van der Waals surface area contributed by atoms with Crippen LogP contribution in [0, 0.1) is 10.1 Å². The van der Waals surface area contributed by atoms with E-state index in [1.807, 2.05) is 0 Å². The Morgan fingerprint density at radius 1 is 1.00 bits per heavy atom. The molecule has 0 aliphatic carbocycles. The molecule has 0 saturated heterocycles. The maximum absolute atomic E-state index is 11.7. The number of azo groups is 1. The summed E-state index contributed by atoms with van der Waals surface area (Å²) in [5.74, 6) is -0.954. The highest BCUT2D eigenvalue weighted by Gasteiger charge is 2.27. The van der Waals surface area contributed by atoms with Crippen LogP contribution in [0.2, 0.25) is 5.02 Å². The maximum Gasteiger partial charge on any atom is 0.271 e. The van der Waals surface area contributed by atoms with Crippen molar-refractivity contribution in [2.24, 2.45) is 10.2 Å². The number of carbonyl (C=O) groups is 2. The van der Waals surface area contributed by atoms with Gasteiger partial charge in [-0.2, -0.15) is 5.11 Å². The van der Waals surface area contributed by atoms with Crippen molar-refractivity contribution in [1.82, 2.24) is 0 Å². The van der Waals surface area contributed by atoms with Gasteiger partial charge in [0, 0.05) is 24.3 Å². The van der Waals surface area contributed by atoms with Crippen LogP contribution in [0.4, 0.5) is 22.7 Å². The van der Waals surface area contributed by atoms with Gasteiger partial charge in [-0.3, -0.25) is 19.7 Å². The zero-order valence-corrected chi connectivity index (χ0v) is 17.0. The summed E-state index contributed by atoms with van der Waals surface area (Å²) in [6.07, 6.45) is 2.33. The molecular weight excluding hydrogens is 507 g/mol. The van der Waals surface area contributed by atoms with E-state index in [-0.39, 0.29) is 16.4 Å². The van der Waals surface area contributed by atoms with Gasteiger partial charge in [-0.1, -0.05) is 11.6 Å². The molecule has 1 heterocycles. The first-order valence-electron chi connectivity index (χ1n) is 7.19. The van der Waals surface area contributed by atoms with Gasteiger partial charge in [-0.05, 0) is 50.1 Å². The van der Waals surface area contributed by atoms with Crippen molar-refractivity contribution >= 4 is 78.0 Å². The van der Waals surface area contributed by atoms with Crippen molar-refractivity contribution in [3.05, 3.63) is 66.6 Å². The molecule has 136 valence electrons. The van der Waals surface area contributed by atoms with Crippen LogP contribution in [0.3, 0.4) is 0 Å². The lowest BCUT2D eigenvalue weighted by atomic mass is 10.2. The largest absolute Gasteiger partial charge is 0.271 e. The maximum atomic E-state index is 11.7. The molecule has 0 atom stereocenters. The van der Waals surface area contributed by atoms with Crippen molar-refractivity contribution in [2.45, 2.75) is 0 Å². The van der Waals surface area contributed by atoms with Gasteiger partial charge >= 0.3 is 0 Å². The summed E-state index contributed by atoms with van der Waals surface area (Å²) < 4.78 is 0.767. The van der Waals surface area contributed by atoms with Crippen molar-refractivity contribution in [1.29, 1.82) is 0 Å². The van der Waals surface area contributed by atoms with E-state index in [0.29, 0.717) is 20.3 Å². The Kier molecular flexibility index (Phi) is 5.49. The Morgan fingerprint density at radius 2 is 1.59 bits per heavy atom. The molecule has 0 spiro atoms. The third-order valence-electron chi connectivity index (χ3n) is 3.46. The number of imide groups is 1. The first kappa shape index (κ1) is 19.3. The highest BCUT2D eigenvalue weighted by molar-refractivity contribution is 9.11. The van der Waals surface area contributed by atoms with Crippen molar-refractivity contribution in [3.63, 3.8) is 0 Å². The second-order valence-corrected chi connectivity index (χ2v) is 7.31. The predicted molar refractivity (Wildman–Crippen MR) is 106 cm³/mol. The molecule has 0 unspecified atom stereocenters. The van der Waals surface area contributed by atoms with Gasteiger partial charge in [0.25, 0.3) is 17.5 Å². The molecule has 11 heteroatoms. The summed E-state index contributed by atoms with van der Waals surface area (Å²) in [5, 5.41) is 19.1. The number of non-ortho nitro benzene ring substituents is 1. The summed E-state index contributed by atoms with van der Waals surface area (Å²) in [6, 6.07) is 7.10. The number of carbonyl (C=O) groups excluding carboxylic acids is 2. The van der Waals surface area contributed by atoms with Gasteiger partial charge in [-0.15, -0.1) is 5.11 Å². The van der Waals surface area contributed by atoms with Crippen molar-refractivity contribution < 1.29 is 14.5 Å². The van der Waals surface area contributed by atoms with E-state index >= 15 is 0 Å². The number of rotatable bonds is 4. The lowest BCUT2D eigenvalue weighted by Gasteiger charge is -2.15. The molecule has 0 aromatic heterocycles. The quantitative estimate of drug-likeness (QED) is 0.229. The molecule has 2 amide bonds. The van der Waals surface area contributed by atoms with Crippen LogP contribution in [-0.4, -0.2) is 16.7 Å². The van der Waals surface area contributed by atoms with Crippen LogP contribution in [-0.2, 0) is 9.59 Å². The predicted octanol–water partition coefficient (Wildman–Crippen LogP) is 5.62. The summed E-state index contributed by atoms with van der Waals surface area (Å²) >= 11 is 12.6. The van der Waals surface area contributed by atoms with Crippen LogP contribution in [0.5, 0.6) is 0 Å². The number of anilines is 1. The van der Waals surface area contributed by atoms with E-state index < -0.39 is 16.7 Å². The smallest absolute Gasteiger partial charge is 0.269 e. The fourth-order valence-corrected chi connectivity index (χ4v) is 3.82.